The molecule has 48 valence electrons. The van der Waals surface area contributed by atoms with Gasteiger partial charge in [0.05, 0.1) is 0 Å². The van der Waals surface area contributed by atoms with Gasteiger partial charge in [0, 0.05) is 0 Å². The molecule has 0 aliphatic carbocycles. The summed E-state index contributed by atoms with van der Waals surface area (Å²) in [5.74, 6) is 0. The molecule has 1 saturated heterocycles. The Kier molecular flexibility index (Phi) is 6.27. The molecular weight excluding hydrogens is 907 g/mol. The number of hydrogen-bond donors (Lipinski definition) is 0. The molecule has 0 saturated carbocycles. The van der Waals surface area contributed by atoms with Gasteiger partial charge in [-0.05, 0) is 0 Å². The van der Waals surface area contributed by atoms with E-state index in [-0.39, 0.29) is 0 Å². The molecule has 0 aromatic heterocycles. The van der Waals surface area contributed by atoms with Gasteiger partial charge >= 0.3 is 0 Å². The predicted octanol–water partition coefficient (Wildman–Crippen LogP) is 0.744. The normalized spacial score (nSPS) is 29.4. The smallest absolute Gasteiger partial charge is 0.226 e. The van der Waals surface area contributed by atoms with Crippen LogP contribution >= 0.6 is 0 Å². The first-order valence-corrected chi connectivity index (χ1v) is 1.71. The monoisotopic (exact) mass is 910 g/mol. The molecule has 1 aliphatic heterocycles. The van der Waals surface area contributed by atoms with E-state index >= 15 is 0 Å². The van der Waals surface area contributed by atoms with E-state index in [0.29, 0.717) is 6.79 Å². The first-order valence-electron chi connectivity index (χ1n) is 1.71. The van der Waals surface area contributed by atoms with Gasteiger partial charge in [0.25, 0.3) is 0 Å². The van der Waals surface area contributed by atoms with E-state index in [1.807, 2.05) is 0 Å². The van der Waals surface area contributed by atoms with Crippen molar-refractivity contribution >= 4 is 0 Å². The quantitative estimate of drug-likeness (QED) is 0.335. The topological polar surface area (TPSA) is 18.5 Å². The largest absolute Gasteiger partial charge is 0.495 e. The van der Waals surface area contributed by atoms with Gasteiger partial charge in [0.15, 0.2) is 0 Å². The standard InChI is InChI=1S/C3H3F2O2.3Rf/c4-2-3(5)7-1-6-2;;;/h1-3H;;;/q-1;;;. The number of halogens is 2. The molecule has 7 heteroatoms. The second-order valence-corrected chi connectivity index (χ2v) is 1.07. The molecule has 0 spiro atoms. The number of rotatable bonds is 0. The van der Waals surface area contributed by atoms with Gasteiger partial charge in [-0.25, -0.2) is 8.78 Å². The van der Waals surface area contributed by atoms with Crippen LogP contribution in [0.4, 0.5) is 8.78 Å². The molecule has 2 unspecified atom stereocenters. The minimum Gasteiger partial charge on any atom is -0.495 e. The first-order chi connectivity index (χ1) is 3.30. The van der Waals surface area contributed by atoms with E-state index < -0.39 is 12.7 Å². The van der Waals surface area contributed by atoms with Crippen LogP contribution in [0.2, 0.25) is 0 Å². The van der Waals surface area contributed by atoms with Crippen molar-refractivity contribution in [1.82, 2.24) is 0 Å². The van der Waals surface area contributed by atoms with Gasteiger partial charge in [-0.2, -0.15) is 0 Å². The SMILES string of the molecule is FC1O[CH-]OC1F.[Rf].[Rf].[Rf]. The third-order valence-corrected chi connectivity index (χ3v) is 0.577. The fraction of sp³-hybridized carbons (Fsp3) is 0.667. The van der Waals surface area contributed by atoms with Crippen LogP contribution in [-0.2, 0) is 9.47 Å². The van der Waals surface area contributed by atoms with Crippen molar-refractivity contribution in [2.24, 2.45) is 0 Å². The van der Waals surface area contributed by atoms with Gasteiger partial charge in [-0.3, -0.25) is 0 Å². The molecule has 1 fully saturated rings. The summed E-state index contributed by atoms with van der Waals surface area (Å²) in [6.07, 6.45) is -3.86. The predicted molar refractivity (Wildman–Crippen MR) is 16.3 cm³/mol. The van der Waals surface area contributed by atoms with E-state index in [1.165, 1.54) is 0 Å². The second kappa shape index (κ2) is 3.95. The Morgan fingerprint density at radius 3 is 1.30 bits per heavy atom. The zero-order valence-corrected chi connectivity index (χ0v) is 24.6. The van der Waals surface area contributed by atoms with Crippen molar-refractivity contribution < 1.29 is 18.3 Å². The minimum absolute atomic E-state index is 0. The zero-order chi connectivity index (χ0) is 5.28. The van der Waals surface area contributed by atoms with Crippen LogP contribution in [0.25, 0.3) is 0 Å². The molecular formula is C3H3F2O2Rf3-. The number of ether oxygens (including phenoxy) is 2. The maximum atomic E-state index is 11.6. The van der Waals surface area contributed by atoms with E-state index in [2.05, 4.69) is 9.47 Å². The summed E-state index contributed by atoms with van der Waals surface area (Å²) in [7, 11) is 0. The van der Waals surface area contributed by atoms with Crippen molar-refractivity contribution in [1.29, 1.82) is 0 Å². The Morgan fingerprint density at radius 1 is 0.900 bits per heavy atom. The van der Waals surface area contributed by atoms with Crippen LogP contribution in [0.15, 0.2) is 0 Å². The fourth-order valence-electron chi connectivity index (χ4n) is 0.262. The Bertz CT molecular complexity index is 68.8. The molecule has 2 nitrogen and oxygen atoms in total. The number of hydrogen-bond acceptors (Lipinski definition) is 2. The van der Waals surface area contributed by atoms with Crippen LogP contribution in [-0.4, -0.2) is 12.7 Å². The van der Waals surface area contributed by atoms with Crippen LogP contribution in [0.5, 0.6) is 0 Å². The van der Waals surface area contributed by atoms with E-state index in [0.717, 1.165) is 0 Å². The minimum atomic E-state index is -1.93. The van der Waals surface area contributed by atoms with Gasteiger partial charge in [-0.15, -0.1) is 0 Å². The van der Waals surface area contributed by atoms with E-state index in [9.17, 15) is 8.78 Å². The van der Waals surface area contributed by atoms with Gasteiger partial charge < -0.3 is 9.47 Å². The summed E-state index contributed by atoms with van der Waals surface area (Å²) >= 11 is 0. The summed E-state index contributed by atoms with van der Waals surface area (Å²) in [5, 5.41) is 0. The second-order valence-electron chi connectivity index (χ2n) is 1.07. The molecule has 0 bridgehead atoms. The Hall–Kier alpha value is -3.22. The maximum Gasteiger partial charge on any atom is 0.226 e. The summed E-state index contributed by atoms with van der Waals surface area (Å²) in [6, 6.07) is 0. The zero-order valence-electron chi connectivity index (χ0n) is 5.43. The van der Waals surface area contributed by atoms with Gasteiger partial charge in [0.1, 0.15) is 0 Å². The molecule has 0 aromatic rings. The van der Waals surface area contributed by atoms with Crippen molar-refractivity contribution in [2.45, 2.75) is 12.7 Å². The Labute approximate surface area is 39.0 Å². The average Bonchev–Trinajstić information content (AvgIpc) is 1.91. The molecule has 1 heterocycles. The van der Waals surface area contributed by atoms with E-state index in [1.54, 1.807) is 0 Å². The maximum absolute atomic E-state index is 11.6. The van der Waals surface area contributed by atoms with Crippen molar-refractivity contribution in [3.8, 4) is 0 Å². The summed E-state index contributed by atoms with van der Waals surface area (Å²) in [4.78, 5) is 0. The summed E-state index contributed by atoms with van der Waals surface area (Å²) in [6.45, 7) is 0.648. The van der Waals surface area contributed by atoms with Crippen LogP contribution in [0, 0.1) is 6.79 Å². The molecule has 0 radical (unpaired) electrons. The molecule has 1 rings (SSSR count). The third kappa shape index (κ3) is 1.49. The number of alkyl halides is 2. The van der Waals surface area contributed by atoms with Crippen molar-refractivity contribution in [2.75, 3.05) is 0 Å². The molecule has 10 heavy (non-hydrogen) atoms. The molecule has 2 atom stereocenters. The van der Waals surface area contributed by atoms with Crippen LogP contribution in [0.3, 0.4) is 0 Å². The van der Waals surface area contributed by atoms with Crippen LogP contribution < -0.4 is 0 Å². The molecule has 0 aromatic carbocycles. The fourth-order valence-corrected chi connectivity index (χ4v) is 0.262. The third-order valence-electron chi connectivity index (χ3n) is 0.577. The van der Waals surface area contributed by atoms with Gasteiger partial charge in [-0.1, -0.05) is 6.79 Å². The summed E-state index contributed by atoms with van der Waals surface area (Å²) in [5.41, 5.74) is 0. The van der Waals surface area contributed by atoms with Crippen LogP contribution in [0.1, 0.15) is 0 Å². The molecule has 1 aliphatic rings. The van der Waals surface area contributed by atoms with E-state index in [4.69, 9.17) is 0 Å². The summed E-state index contributed by atoms with van der Waals surface area (Å²) < 4.78 is 30.9. The molecule has 0 amide bonds. The molecule has 0 N–H and O–H groups in total. The van der Waals surface area contributed by atoms with Crippen molar-refractivity contribution in [3.05, 3.63) is 6.79 Å². The average molecular weight is 910 g/mol. The Morgan fingerprint density at radius 2 is 1.20 bits per heavy atom. The first kappa shape index (κ1) is 15.9. The van der Waals surface area contributed by atoms with Crippen molar-refractivity contribution in [3.63, 3.8) is 0 Å². The Balaban J connectivity index is -0.000000163. The van der Waals surface area contributed by atoms with Gasteiger partial charge in [0.2, 0.25) is 12.7 Å².